The average Bonchev–Trinajstić information content (AvgIpc) is 3.42. The van der Waals surface area contributed by atoms with E-state index in [1.165, 1.54) is 0 Å². The van der Waals surface area contributed by atoms with Gasteiger partial charge in [-0.2, -0.15) is 0 Å². The maximum atomic E-state index is 12.7. The van der Waals surface area contributed by atoms with Gasteiger partial charge >= 0.3 is 6.03 Å². The summed E-state index contributed by atoms with van der Waals surface area (Å²) in [5.74, 6) is 2.18. The van der Waals surface area contributed by atoms with Gasteiger partial charge in [0, 0.05) is 18.8 Å². The van der Waals surface area contributed by atoms with E-state index < -0.39 is 0 Å². The van der Waals surface area contributed by atoms with Gasteiger partial charge in [-0.25, -0.2) is 4.79 Å². The van der Waals surface area contributed by atoms with Crippen LogP contribution >= 0.6 is 0 Å². The van der Waals surface area contributed by atoms with Crippen molar-refractivity contribution < 1.29 is 19.0 Å². The molecule has 0 radical (unpaired) electrons. The molecule has 2 aliphatic rings. The predicted molar refractivity (Wildman–Crippen MR) is 98.9 cm³/mol. The normalized spacial score (nSPS) is 15.9. The number of benzene rings is 1. The zero-order chi connectivity index (χ0) is 18.6. The second-order valence-electron chi connectivity index (χ2n) is 6.85. The number of urea groups is 1. The van der Waals surface area contributed by atoms with Crippen LogP contribution in [0.3, 0.4) is 0 Å². The summed E-state index contributed by atoms with van der Waals surface area (Å²) in [5.41, 5.74) is 1.03. The minimum absolute atomic E-state index is 0.0724. The minimum atomic E-state index is -0.148. The molecule has 1 aromatic heterocycles. The summed E-state index contributed by atoms with van der Waals surface area (Å²) in [6.45, 7) is 3.15. The number of aromatic nitrogens is 1. The first-order valence-corrected chi connectivity index (χ1v) is 9.19. The third-order valence-corrected chi connectivity index (χ3v) is 4.55. The molecule has 1 atom stereocenters. The number of hydrogen-bond donors (Lipinski definition) is 1. The lowest BCUT2D eigenvalue weighted by Gasteiger charge is -2.24. The zero-order valence-electron chi connectivity index (χ0n) is 15.3. The number of ether oxygens (including phenoxy) is 3. The largest absolute Gasteiger partial charge is 0.487 e. The molecule has 4 rings (SSSR count). The van der Waals surface area contributed by atoms with Crippen LogP contribution in [0.5, 0.6) is 17.2 Å². The molecule has 142 valence electrons. The van der Waals surface area contributed by atoms with E-state index in [2.05, 4.69) is 10.3 Å². The SMILES string of the molecule is C[C@H](CNC(=O)N(Cc1ccc2c(c1)OCO2)C1CC1)Oc1cccnc1. The van der Waals surface area contributed by atoms with Crippen LogP contribution in [-0.2, 0) is 6.54 Å². The third kappa shape index (κ3) is 4.42. The van der Waals surface area contributed by atoms with Gasteiger partial charge in [0.1, 0.15) is 11.9 Å². The van der Waals surface area contributed by atoms with Crippen molar-refractivity contribution in [3.63, 3.8) is 0 Å². The first-order chi connectivity index (χ1) is 13.2. The monoisotopic (exact) mass is 369 g/mol. The molecule has 2 aromatic rings. The number of nitrogens with one attached hydrogen (secondary N) is 1. The lowest BCUT2D eigenvalue weighted by Crippen LogP contribution is -2.44. The van der Waals surface area contributed by atoms with Gasteiger partial charge in [-0.3, -0.25) is 4.98 Å². The van der Waals surface area contributed by atoms with Gasteiger partial charge < -0.3 is 24.4 Å². The Kier molecular flexibility index (Phi) is 5.00. The fraction of sp³-hybridized carbons (Fsp3) is 0.400. The highest BCUT2D eigenvalue weighted by atomic mass is 16.7. The minimum Gasteiger partial charge on any atom is -0.487 e. The first kappa shape index (κ1) is 17.5. The molecule has 1 aliphatic carbocycles. The number of amides is 2. The van der Waals surface area contributed by atoms with E-state index in [-0.39, 0.29) is 18.9 Å². The maximum absolute atomic E-state index is 12.7. The van der Waals surface area contributed by atoms with Crippen molar-refractivity contribution in [1.29, 1.82) is 0 Å². The van der Waals surface area contributed by atoms with Crippen LogP contribution in [0.2, 0.25) is 0 Å². The van der Waals surface area contributed by atoms with Gasteiger partial charge in [0.2, 0.25) is 6.79 Å². The van der Waals surface area contributed by atoms with Crippen LogP contribution in [0.25, 0.3) is 0 Å². The highest BCUT2D eigenvalue weighted by Crippen LogP contribution is 2.34. The van der Waals surface area contributed by atoms with Crippen LogP contribution in [-0.4, -0.2) is 41.4 Å². The molecular formula is C20H23N3O4. The number of rotatable bonds is 7. The Morgan fingerprint density at radius 2 is 2.19 bits per heavy atom. The number of pyridine rings is 1. The highest BCUT2D eigenvalue weighted by Gasteiger charge is 2.33. The van der Waals surface area contributed by atoms with Gasteiger partial charge in [0.05, 0.1) is 12.7 Å². The van der Waals surface area contributed by atoms with Crippen LogP contribution in [0.1, 0.15) is 25.3 Å². The molecule has 1 aliphatic heterocycles. The third-order valence-electron chi connectivity index (χ3n) is 4.55. The lowest BCUT2D eigenvalue weighted by atomic mass is 10.2. The van der Waals surface area contributed by atoms with E-state index in [0.717, 1.165) is 29.9 Å². The second-order valence-corrected chi connectivity index (χ2v) is 6.85. The van der Waals surface area contributed by atoms with Crippen molar-refractivity contribution >= 4 is 6.03 Å². The average molecular weight is 369 g/mol. The van der Waals surface area contributed by atoms with Crippen LogP contribution < -0.4 is 19.5 Å². The Morgan fingerprint density at radius 3 is 2.96 bits per heavy atom. The summed E-state index contributed by atoms with van der Waals surface area (Å²) in [4.78, 5) is 18.6. The van der Waals surface area contributed by atoms with Gasteiger partial charge in [-0.15, -0.1) is 0 Å². The van der Waals surface area contributed by atoms with Crippen molar-refractivity contribution in [2.24, 2.45) is 0 Å². The number of hydrogen-bond acceptors (Lipinski definition) is 5. The molecule has 1 saturated carbocycles. The lowest BCUT2D eigenvalue weighted by molar-refractivity contribution is 0.173. The number of carbonyl (C=O) groups is 1. The van der Waals surface area contributed by atoms with E-state index in [1.807, 2.05) is 42.2 Å². The maximum Gasteiger partial charge on any atom is 0.318 e. The number of nitrogens with zero attached hydrogens (tertiary/aromatic N) is 2. The Bertz CT molecular complexity index is 795. The topological polar surface area (TPSA) is 72.9 Å². The number of fused-ring (bicyclic) bond motifs is 1. The molecule has 0 bridgehead atoms. The highest BCUT2D eigenvalue weighted by molar-refractivity contribution is 5.75. The summed E-state index contributed by atoms with van der Waals surface area (Å²) >= 11 is 0. The molecule has 2 amide bonds. The predicted octanol–water partition coefficient (Wildman–Crippen LogP) is 2.95. The molecule has 1 N–H and O–H groups in total. The van der Waals surface area contributed by atoms with Crippen LogP contribution in [0, 0.1) is 0 Å². The fourth-order valence-corrected chi connectivity index (χ4v) is 3.01. The Hall–Kier alpha value is -2.96. The van der Waals surface area contributed by atoms with E-state index in [4.69, 9.17) is 14.2 Å². The van der Waals surface area contributed by atoms with Crippen molar-refractivity contribution in [1.82, 2.24) is 15.2 Å². The summed E-state index contributed by atoms with van der Waals surface area (Å²) < 4.78 is 16.5. The standard InChI is InChI=1S/C20H23N3O4/c1-14(27-17-3-2-8-21-11-17)10-22-20(24)23(16-5-6-16)12-15-4-7-18-19(9-15)26-13-25-18/h2-4,7-9,11,14,16H,5-6,10,12-13H2,1H3,(H,22,24)/t14-/m1/s1. The van der Waals surface area contributed by atoms with Crippen molar-refractivity contribution in [3.05, 3.63) is 48.3 Å². The first-order valence-electron chi connectivity index (χ1n) is 9.19. The van der Waals surface area contributed by atoms with E-state index >= 15 is 0 Å². The molecule has 7 heteroatoms. The van der Waals surface area contributed by atoms with Gasteiger partial charge in [0.25, 0.3) is 0 Å². The van der Waals surface area contributed by atoms with Crippen LogP contribution in [0.4, 0.5) is 4.79 Å². The quantitative estimate of drug-likeness (QED) is 0.812. The summed E-state index contributed by atoms with van der Waals surface area (Å²) in [6.07, 6.45) is 5.29. The van der Waals surface area contributed by atoms with E-state index in [0.29, 0.717) is 24.9 Å². The van der Waals surface area contributed by atoms with Crippen molar-refractivity contribution in [3.8, 4) is 17.2 Å². The van der Waals surface area contributed by atoms with Crippen LogP contribution in [0.15, 0.2) is 42.7 Å². The van der Waals surface area contributed by atoms with E-state index in [1.54, 1.807) is 12.4 Å². The molecule has 2 heterocycles. The smallest absolute Gasteiger partial charge is 0.318 e. The summed E-state index contributed by atoms with van der Waals surface area (Å²) in [7, 11) is 0. The fourth-order valence-electron chi connectivity index (χ4n) is 3.01. The molecule has 27 heavy (non-hydrogen) atoms. The molecule has 0 saturated heterocycles. The Balaban J connectivity index is 1.32. The van der Waals surface area contributed by atoms with E-state index in [9.17, 15) is 4.79 Å². The summed E-state index contributed by atoms with van der Waals surface area (Å²) in [6, 6.07) is 9.71. The van der Waals surface area contributed by atoms with Gasteiger partial charge in [0.15, 0.2) is 11.5 Å². The van der Waals surface area contributed by atoms with Crippen molar-refractivity contribution in [2.75, 3.05) is 13.3 Å². The molecule has 7 nitrogen and oxygen atoms in total. The molecule has 1 fully saturated rings. The summed E-state index contributed by atoms with van der Waals surface area (Å²) in [5, 5.41) is 2.98. The zero-order valence-corrected chi connectivity index (χ0v) is 15.3. The van der Waals surface area contributed by atoms with Crippen molar-refractivity contribution in [2.45, 2.75) is 38.5 Å². The van der Waals surface area contributed by atoms with Gasteiger partial charge in [-0.05, 0) is 49.6 Å². The molecule has 0 spiro atoms. The molecule has 1 aromatic carbocycles. The second kappa shape index (κ2) is 7.73. The Morgan fingerprint density at radius 1 is 1.33 bits per heavy atom. The number of carbonyl (C=O) groups excluding carboxylic acids is 1. The molecule has 0 unspecified atom stereocenters. The van der Waals surface area contributed by atoms with Gasteiger partial charge in [-0.1, -0.05) is 6.07 Å². The molecular weight excluding hydrogens is 346 g/mol. The Labute approximate surface area is 158 Å².